The highest BCUT2D eigenvalue weighted by atomic mass is 16.4. The average Bonchev–Trinajstić information content (AvgIpc) is 3.05. The Balaban J connectivity index is 2.85. The molecule has 0 saturated carbocycles. The number of rotatable bonds is 10. The van der Waals surface area contributed by atoms with Crippen molar-refractivity contribution >= 4 is 17.7 Å². The minimum absolute atomic E-state index is 0.0410. The molecule has 0 aromatic carbocycles. The standard InChI is InChI=1S/C13H22N6O6/c1-6(22)9(5-21)17-13(24)16-8(2-3-10(15)23)12-19-18-11(25-12)7(14)4-20/h7-9,20-21H,2-5,14H2,1H3,(H2,15,23)(H2,16,17,24)/t7-,8-,9-/m0/s1. The minimum Gasteiger partial charge on any atom is -0.421 e. The van der Waals surface area contributed by atoms with Crippen molar-refractivity contribution in [2.45, 2.75) is 37.9 Å². The normalized spacial score (nSPS) is 14.4. The number of carbonyl (C=O) groups is 3. The Bertz CT molecular complexity index is 606. The third-order valence-electron chi connectivity index (χ3n) is 3.23. The van der Waals surface area contributed by atoms with Crippen LogP contribution in [0.3, 0.4) is 0 Å². The molecule has 12 nitrogen and oxygen atoms in total. The van der Waals surface area contributed by atoms with E-state index in [4.69, 9.17) is 26.1 Å². The fourth-order valence-corrected chi connectivity index (χ4v) is 1.79. The van der Waals surface area contributed by atoms with Gasteiger partial charge in [-0.25, -0.2) is 4.79 Å². The number of carbonyl (C=O) groups excluding carboxylic acids is 3. The molecule has 0 fully saturated rings. The lowest BCUT2D eigenvalue weighted by atomic mass is 10.1. The van der Waals surface area contributed by atoms with E-state index in [-0.39, 0.29) is 24.6 Å². The van der Waals surface area contributed by atoms with Gasteiger partial charge in [-0.15, -0.1) is 10.2 Å². The van der Waals surface area contributed by atoms with Gasteiger partial charge in [0.2, 0.25) is 17.7 Å². The molecule has 3 amide bonds. The molecule has 25 heavy (non-hydrogen) atoms. The number of nitrogens with zero attached hydrogens (tertiary/aromatic N) is 2. The number of aliphatic hydroxyl groups excluding tert-OH is 2. The van der Waals surface area contributed by atoms with E-state index in [2.05, 4.69) is 20.8 Å². The van der Waals surface area contributed by atoms with Gasteiger partial charge in [0.25, 0.3) is 0 Å². The quantitative estimate of drug-likeness (QED) is 0.263. The van der Waals surface area contributed by atoms with Crippen LogP contribution in [0.1, 0.15) is 43.6 Å². The molecule has 0 aliphatic carbocycles. The van der Waals surface area contributed by atoms with Crippen LogP contribution >= 0.6 is 0 Å². The molecule has 1 aromatic rings. The van der Waals surface area contributed by atoms with Gasteiger partial charge in [-0.3, -0.25) is 9.59 Å². The van der Waals surface area contributed by atoms with Gasteiger partial charge in [0.15, 0.2) is 5.78 Å². The van der Waals surface area contributed by atoms with E-state index in [1.807, 2.05) is 0 Å². The lowest BCUT2D eigenvalue weighted by Gasteiger charge is -2.18. The second-order valence-corrected chi connectivity index (χ2v) is 5.29. The molecule has 0 spiro atoms. The Morgan fingerprint density at radius 3 is 2.32 bits per heavy atom. The van der Waals surface area contributed by atoms with E-state index in [0.29, 0.717) is 0 Å². The first kappa shape index (κ1) is 20.5. The van der Waals surface area contributed by atoms with Crippen molar-refractivity contribution in [3.63, 3.8) is 0 Å². The predicted molar refractivity (Wildman–Crippen MR) is 82.7 cm³/mol. The molecular formula is C13H22N6O6. The maximum absolute atomic E-state index is 12.0. The van der Waals surface area contributed by atoms with Crippen LogP contribution in [0.15, 0.2) is 4.42 Å². The van der Waals surface area contributed by atoms with Gasteiger partial charge in [-0.2, -0.15) is 0 Å². The largest absolute Gasteiger partial charge is 0.421 e. The molecule has 12 heteroatoms. The minimum atomic E-state index is -1.07. The Morgan fingerprint density at radius 1 is 1.16 bits per heavy atom. The van der Waals surface area contributed by atoms with E-state index < -0.39 is 49.1 Å². The lowest BCUT2D eigenvalue weighted by molar-refractivity contribution is -0.119. The van der Waals surface area contributed by atoms with Crippen molar-refractivity contribution in [1.29, 1.82) is 0 Å². The second-order valence-electron chi connectivity index (χ2n) is 5.29. The first-order valence-electron chi connectivity index (χ1n) is 7.44. The van der Waals surface area contributed by atoms with Gasteiger partial charge in [-0.1, -0.05) is 0 Å². The first-order valence-corrected chi connectivity index (χ1v) is 7.44. The van der Waals surface area contributed by atoms with Gasteiger partial charge in [0.1, 0.15) is 18.1 Å². The van der Waals surface area contributed by atoms with Crippen molar-refractivity contribution in [2.24, 2.45) is 11.5 Å². The van der Waals surface area contributed by atoms with Crippen LogP contribution in [-0.2, 0) is 9.59 Å². The zero-order valence-electron chi connectivity index (χ0n) is 13.6. The Labute approximate surface area is 143 Å². The topological polar surface area (TPSA) is 207 Å². The number of Topliss-reactive ketones (excluding diaryl/α,β-unsaturated/α-hetero) is 1. The third-order valence-corrected chi connectivity index (χ3v) is 3.23. The zero-order chi connectivity index (χ0) is 19.0. The highest BCUT2D eigenvalue weighted by Gasteiger charge is 2.25. The molecular weight excluding hydrogens is 336 g/mol. The highest BCUT2D eigenvalue weighted by Crippen LogP contribution is 2.19. The number of primary amides is 1. The summed E-state index contributed by atoms with van der Waals surface area (Å²) >= 11 is 0. The molecule has 8 N–H and O–H groups in total. The predicted octanol–water partition coefficient (Wildman–Crippen LogP) is -2.38. The molecule has 0 radical (unpaired) electrons. The summed E-state index contributed by atoms with van der Waals surface area (Å²) in [5, 5.41) is 30.2. The Kier molecular flexibility index (Phi) is 7.91. The molecule has 1 heterocycles. The molecule has 0 aliphatic rings. The molecule has 0 bridgehead atoms. The summed E-state index contributed by atoms with van der Waals surface area (Å²) in [5.41, 5.74) is 10.7. The molecule has 0 saturated heterocycles. The summed E-state index contributed by atoms with van der Waals surface area (Å²) in [6.07, 6.45) is -0.0204. The van der Waals surface area contributed by atoms with E-state index in [1.54, 1.807) is 0 Å². The van der Waals surface area contributed by atoms with Gasteiger partial charge >= 0.3 is 6.03 Å². The molecule has 3 atom stereocenters. The third kappa shape index (κ3) is 6.45. The van der Waals surface area contributed by atoms with Crippen molar-refractivity contribution in [1.82, 2.24) is 20.8 Å². The molecule has 140 valence electrons. The van der Waals surface area contributed by atoms with Crippen molar-refractivity contribution in [3.05, 3.63) is 11.8 Å². The van der Waals surface area contributed by atoms with E-state index >= 15 is 0 Å². The molecule has 1 aromatic heterocycles. The maximum Gasteiger partial charge on any atom is 0.316 e. The van der Waals surface area contributed by atoms with Crippen LogP contribution in [0.2, 0.25) is 0 Å². The number of aromatic nitrogens is 2. The van der Waals surface area contributed by atoms with Crippen LogP contribution in [0, 0.1) is 0 Å². The van der Waals surface area contributed by atoms with Crippen LogP contribution in [0.4, 0.5) is 4.79 Å². The summed E-state index contributed by atoms with van der Waals surface area (Å²) < 4.78 is 5.29. The van der Waals surface area contributed by atoms with Crippen molar-refractivity contribution in [3.8, 4) is 0 Å². The molecule has 0 aliphatic heterocycles. The number of hydrogen-bond acceptors (Lipinski definition) is 9. The summed E-state index contributed by atoms with van der Waals surface area (Å²) in [4.78, 5) is 34.2. The lowest BCUT2D eigenvalue weighted by Crippen LogP contribution is -2.48. The number of aliphatic hydroxyl groups is 2. The maximum atomic E-state index is 12.0. The summed E-state index contributed by atoms with van der Waals surface area (Å²) in [6, 6.07) is -3.62. The number of ketones is 1. The molecule has 1 rings (SSSR count). The smallest absolute Gasteiger partial charge is 0.316 e. The number of nitrogens with two attached hydrogens (primary N) is 2. The Hall–Kier alpha value is -2.57. The van der Waals surface area contributed by atoms with Crippen LogP contribution in [0.5, 0.6) is 0 Å². The number of hydrogen-bond donors (Lipinski definition) is 6. The summed E-state index contributed by atoms with van der Waals surface area (Å²) in [7, 11) is 0. The summed E-state index contributed by atoms with van der Waals surface area (Å²) in [5.74, 6) is -1.12. The fraction of sp³-hybridized carbons (Fsp3) is 0.615. The number of nitrogens with one attached hydrogen (secondary N) is 2. The van der Waals surface area contributed by atoms with Crippen molar-refractivity contribution in [2.75, 3.05) is 13.2 Å². The van der Waals surface area contributed by atoms with E-state index in [1.165, 1.54) is 6.92 Å². The number of amides is 3. The van der Waals surface area contributed by atoms with Crippen LogP contribution in [-0.4, -0.2) is 57.4 Å². The van der Waals surface area contributed by atoms with Gasteiger partial charge < -0.3 is 36.7 Å². The highest BCUT2D eigenvalue weighted by molar-refractivity contribution is 5.87. The van der Waals surface area contributed by atoms with Crippen LogP contribution < -0.4 is 22.1 Å². The van der Waals surface area contributed by atoms with E-state index in [0.717, 1.165) is 0 Å². The monoisotopic (exact) mass is 358 g/mol. The zero-order valence-corrected chi connectivity index (χ0v) is 13.6. The average molecular weight is 358 g/mol. The number of urea groups is 1. The van der Waals surface area contributed by atoms with Gasteiger partial charge in [-0.05, 0) is 13.3 Å². The molecule has 0 unspecified atom stereocenters. The van der Waals surface area contributed by atoms with Crippen molar-refractivity contribution < 1.29 is 29.0 Å². The van der Waals surface area contributed by atoms with E-state index in [9.17, 15) is 14.4 Å². The Morgan fingerprint density at radius 2 is 1.80 bits per heavy atom. The fourth-order valence-electron chi connectivity index (χ4n) is 1.79. The van der Waals surface area contributed by atoms with Crippen LogP contribution in [0.25, 0.3) is 0 Å². The first-order chi connectivity index (χ1) is 11.8. The summed E-state index contributed by atoms with van der Waals surface area (Å²) in [6.45, 7) is 0.232. The van der Waals surface area contributed by atoms with Gasteiger partial charge in [0.05, 0.1) is 13.2 Å². The SMILES string of the molecule is CC(=O)[C@H](CO)NC(=O)N[C@@H](CCC(N)=O)c1nnc([C@@H](N)CO)o1. The van der Waals surface area contributed by atoms with Gasteiger partial charge in [0, 0.05) is 6.42 Å². The second kappa shape index (κ2) is 9.66.